The van der Waals surface area contributed by atoms with Crippen LogP contribution in [-0.4, -0.2) is 13.4 Å². The van der Waals surface area contributed by atoms with Crippen LogP contribution in [0.2, 0.25) is 0 Å². The fraction of sp³-hybridized carbons (Fsp3) is 0.500. The van der Waals surface area contributed by atoms with Crippen molar-refractivity contribution in [2.75, 3.05) is 7.11 Å². The van der Waals surface area contributed by atoms with E-state index in [1.165, 1.54) is 0 Å². The molecule has 0 spiro atoms. The van der Waals surface area contributed by atoms with Crippen molar-refractivity contribution in [3.8, 4) is 5.75 Å². The zero-order chi connectivity index (χ0) is 10.2. The Labute approximate surface area is 85.8 Å². The summed E-state index contributed by atoms with van der Waals surface area (Å²) in [6, 6.07) is 9.78. The molecule has 2 nitrogen and oxygen atoms in total. The van der Waals surface area contributed by atoms with Crippen LogP contribution in [0, 0.1) is 0 Å². The molecule has 78 valence electrons. The van der Waals surface area contributed by atoms with Crippen LogP contribution in [0.1, 0.15) is 26.2 Å². The van der Waals surface area contributed by atoms with Crippen LogP contribution in [0.25, 0.3) is 0 Å². The fourth-order valence-corrected chi connectivity index (χ4v) is 1.25. The minimum absolute atomic E-state index is 0.114. The maximum atomic E-state index is 5.64. The lowest BCUT2D eigenvalue weighted by molar-refractivity contribution is -0.0592. The monoisotopic (exact) mass is 194 g/mol. The summed E-state index contributed by atoms with van der Waals surface area (Å²) in [4.78, 5) is 0. The summed E-state index contributed by atoms with van der Waals surface area (Å²) < 4.78 is 10.9. The van der Waals surface area contributed by atoms with Gasteiger partial charge < -0.3 is 9.47 Å². The summed E-state index contributed by atoms with van der Waals surface area (Å²) in [5.74, 6) is 0.871. The van der Waals surface area contributed by atoms with Crippen molar-refractivity contribution < 1.29 is 9.47 Å². The van der Waals surface area contributed by atoms with E-state index in [9.17, 15) is 0 Å². The van der Waals surface area contributed by atoms with Gasteiger partial charge in [0.1, 0.15) is 5.75 Å². The maximum absolute atomic E-state index is 5.64. The number of benzene rings is 1. The van der Waals surface area contributed by atoms with E-state index in [2.05, 4.69) is 6.92 Å². The molecule has 0 heterocycles. The largest absolute Gasteiger partial charge is 0.465 e. The molecule has 0 bridgehead atoms. The van der Waals surface area contributed by atoms with Gasteiger partial charge in [-0.05, 0) is 18.6 Å². The Bertz CT molecular complexity index is 233. The predicted molar refractivity (Wildman–Crippen MR) is 57.4 cm³/mol. The van der Waals surface area contributed by atoms with Crippen LogP contribution >= 0.6 is 0 Å². The van der Waals surface area contributed by atoms with E-state index in [1.807, 2.05) is 30.3 Å². The van der Waals surface area contributed by atoms with E-state index in [4.69, 9.17) is 9.47 Å². The van der Waals surface area contributed by atoms with E-state index >= 15 is 0 Å². The summed E-state index contributed by atoms with van der Waals surface area (Å²) in [7, 11) is 1.68. The van der Waals surface area contributed by atoms with Crippen molar-refractivity contribution in [2.24, 2.45) is 0 Å². The molecule has 0 saturated carbocycles. The van der Waals surface area contributed by atoms with Gasteiger partial charge in [-0.3, -0.25) is 0 Å². The van der Waals surface area contributed by atoms with E-state index in [0.717, 1.165) is 25.0 Å². The van der Waals surface area contributed by atoms with Crippen molar-refractivity contribution in [3.05, 3.63) is 30.3 Å². The highest BCUT2D eigenvalue weighted by Gasteiger charge is 2.07. The number of methoxy groups -OCH3 is 1. The normalized spacial score (nSPS) is 12.4. The van der Waals surface area contributed by atoms with Crippen molar-refractivity contribution in [1.29, 1.82) is 0 Å². The number of rotatable bonds is 6. The van der Waals surface area contributed by atoms with Crippen LogP contribution in [0.15, 0.2) is 30.3 Å². The molecule has 0 N–H and O–H groups in total. The molecule has 1 atom stereocenters. The summed E-state index contributed by atoms with van der Waals surface area (Å²) in [6.45, 7) is 2.16. The first-order chi connectivity index (χ1) is 6.86. The van der Waals surface area contributed by atoms with Gasteiger partial charge in [0.05, 0.1) is 0 Å². The number of unbranched alkanes of at least 4 members (excludes halogenated alkanes) is 1. The first-order valence-electron chi connectivity index (χ1n) is 5.11. The molecule has 2 heteroatoms. The zero-order valence-corrected chi connectivity index (χ0v) is 8.90. The van der Waals surface area contributed by atoms with E-state index in [-0.39, 0.29) is 6.29 Å². The zero-order valence-electron chi connectivity index (χ0n) is 8.90. The first-order valence-corrected chi connectivity index (χ1v) is 5.11. The van der Waals surface area contributed by atoms with Crippen LogP contribution in [0.4, 0.5) is 0 Å². The van der Waals surface area contributed by atoms with Gasteiger partial charge in [-0.1, -0.05) is 31.5 Å². The van der Waals surface area contributed by atoms with E-state index < -0.39 is 0 Å². The van der Waals surface area contributed by atoms with Gasteiger partial charge in [-0.25, -0.2) is 0 Å². The molecule has 14 heavy (non-hydrogen) atoms. The molecule has 0 aromatic heterocycles. The Hall–Kier alpha value is -1.02. The smallest absolute Gasteiger partial charge is 0.199 e. The SMILES string of the molecule is CCCCC(OC)Oc1ccccc1. The summed E-state index contributed by atoms with van der Waals surface area (Å²) in [5, 5.41) is 0. The lowest BCUT2D eigenvalue weighted by atomic mass is 10.2. The molecule has 0 aliphatic carbocycles. The average molecular weight is 194 g/mol. The molecule has 0 saturated heterocycles. The van der Waals surface area contributed by atoms with E-state index in [0.29, 0.717) is 0 Å². The highest BCUT2D eigenvalue weighted by atomic mass is 16.7. The summed E-state index contributed by atoms with van der Waals surface area (Å²) in [6.07, 6.45) is 3.13. The number of para-hydroxylation sites is 1. The van der Waals surface area contributed by atoms with Crippen LogP contribution < -0.4 is 4.74 Å². The summed E-state index contributed by atoms with van der Waals surface area (Å²) in [5.41, 5.74) is 0. The Morgan fingerprint density at radius 3 is 2.50 bits per heavy atom. The topological polar surface area (TPSA) is 18.5 Å². The molecular formula is C12H18O2. The number of hydrogen-bond donors (Lipinski definition) is 0. The summed E-state index contributed by atoms with van der Waals surface area (Å²) >= 11 is 0. The number of ether oxygens (including phenoxy) is 2. The second kappa shape index (κ2) is 6.44. The standard InChI is InChI=1S/C12H18O2/c1-3-4-10-12(13-2)14-11-8-6-5-7-9-11/h5-9,12H,3-4,10H2,1-2H3. The third-order valence-electron chi connectivity index (χ3n) is 2.07. The third-order valence-corrected chi connectivity index (χ3v) is 2.07. The molecule has 0 fully saturated rings. The Morgan fingerprint density at radius 1 is 1.21 bits per heavy atom. The molecule has 0 amide bonds. The molecule has 1 aromatic rings. The Balaban J connectivity index is 2.40. The minimum atomic E-state index is -0.114. The highest BCUT2D eigenvalue weighted by molar-refractivity contribution is 5.20. The first kappa shape index (κ1) is 11.1. The van der Waals surface area contributed by atoms with Gasteiger partial charge in [-0.15, -0.1) is 0 Å². The van der Waals surface area contributed by atoms with Gasteiger partial charge in [0.25, 0.3) is 0 Å². The van der Waals surface area contributed by atoms with Gasteiger partial charge in [0.15, 0.2) is 6.29 Å². The lowest BCUT2D eigenvalue weighted by Gasteiger charge is -2.16. The third kappa shape index (κ3) is 3.79. The van der Waals surface area contributed by atoms with Gasteiger partial charge in [0.2, 0.25) is 0 Å². The van der Waals surface area contributed by atoms with Crippen molar-refractivity contribution >= 4 is 0 Å². The fourth-order valence-electron chi connectivity index (χ4n) is 1.25. The van der Waals surface area contributed by atoms with Gasteiger partial charge in [0, 0.05) is 13.5 Å². The van der Waals surface area contributed by atoms with Gasteiger partial charge in [-0.2, -0.15) is 0 Å². The van der Waals surface area contributed by atoms with Crippen LogP contribution in [0.5, 0.6) is 5.75 Å². The average Bonchev–Trinajstić information content (AvgIpc) is 2.25. The molecule has 1 unspecified atom stereocenters. The second-order valence-electron chi connectivity index (χ2n) is 3.24. The molecule has 0 radical (unpaired) electrons. The second-order valence-corrected chi connectivity index (χ2v) is 3.24. The van der Waals surface area contributed by atoms with Gasteiger partial charge >= 0.3 is 0 Å². The van der Waals surface area contributed by atoms with Crippen molar-refractivity contribution in [1.82, 2.24) is 0 Å². The van der Waals surface area contributed by atoms with Crippen molar-refractivity contribution in [2.45, 2.75) is 32.5 Å². The maximum Gasteiger partial charge on any atom is 0.199 e. The van der Waals surface area contributed by atoms with E-state index in [1.54, 1.807) is 7.11 Å². The molecule has 1 rings (SSSR count). The quantitative estimate of drug-likeness (QED) is 0.647. The van der Waals surface area contributed by atoms with Crippen molar-refractivity contribution in [3.63, 3.8) is 0 Å². The van der Waals surface area contributed by atoms with Crippen LogP contribution in [0.3, 0.4) is 0 Å². The predicted octanol–water partition coefficient (Wildman–Crippen LogP) is 3.23. The number of hydrogen-bond acceptors (Lipinski definition) is 2. The lowest BCUT2D eigenvalue weighted by Crippen LogP contribution is -2.18. The highest BCUT2D eigenvalue weighted by Crippen LogP contribution is 2.14. The molecule has 1 aromatic carbocycles. The Kier molecular flexibility index (Phi) is 5.08. The molecule has 0 aliphatic heterocycles. The molecular weight excluding hydrogens is 176 g/mol. The minimum Gasteiger partial charge on any atom is -0.465 e. The van der Waals surface area contributed by atoms with Crippen LogP contribution in [-0.2, 0) is 4.74 Å². The molecule has 0 aliphatic rings. The Morgan fingerprint density at radius 2 is 1.93 bits per heavy atom.